The Hall–Kier alpha value is -2.38. The number of aromatic nitrogens is 3. The number of nitrogen functional groups attached to an aromatic ring is 3. The summed E-state index contributed by atoms with van der Waals surface area (Å²) < 4.78 is 0. The Balaban J connectivity index is 0. The van der Waals surface area contributed by atoms with Crippen LogP contribution in [-0.4, -0.2) is 43.4 Å². The van der Waals surface area contributed by atoms with Gasteiger partial charge in [-0.3, -0.25) is 0 Å². The number of nitrogens with zero attached hydrogens (tertiary/aromatic N) is 3. The second-order valence-electron chi connectivity index (χ2n) is 2.16. The Morgan fingerprint density at radius 3 is 1.12 bits per heavy atom. The van der Waals surface area contributed by atoms with E-state index >= 15 is 0 Å². The van der Waals surface area contributed by atoms with Crippen molar-refractivity contribution >= 4 is 31.2 Å². The molecule has 0 bridgehead atoms. The van der Waals surface area contributed by atoms with E-state index in [9.17, 15) is 0 Å². The van der Waals surface area contributed by atoms with Crippen molar-refractivity contribution in [3.05, 3.63) is 0 Å². The van der Waals surface area contributed by atoms with Crippen LogP contribution in [0.15, 0.2) is 0 Å². The van der Waals surface area contributed by atoms with Gasteiger partial charge < -0.3 is 43.7 Å². The van der Waals surface area contributed by atoms with Gasteiger partial charge in [-0.2, -0.15) is 15.0 Å². The van der Waals surface area contributed by atoms with Crippen molar-refractivity contribution in [2.75, 3.05) is 17.2 Å². The predicted octanol–water partition coefficient (Wildman–Crippen LogP) is -4.41. The maximum Gasteiger partial charge on any atom is 0.631 e. The molecule has 1 aromatic heterocycles. The van der Waals surface area contributed by atoms with Gasteiger partial charge in [0.2, 0.25) is 17.8 Å². The van der Waals surface area contributed by atoms with E-state index in [0.717, 1.165) is 0 Å². The van der Waals surface area contributed by atoms with Gasteiger partial charge in [0.25, 0.3) is 0 Å². The molecule has 0 aliphatic rings. The molecular formula is C4H13BN8O4. The summed E-state index contributed by atoms with van der Waals surface area (Å²) >= 11 is 0. The first-order valence-electron chi connectivity index (χ1n) is 3.76. The summed E-state index contributed by atoms with van der Waals surface area (Å²) in [5.74, 6) is 0.125. The fraction of sp³-hybridized carbons (Fsp3) is 0. The minimum absolute atomic E-state index is 0.0417. The van der Waals surface area contributed by atoms with E-state index in [4.69, 9.17) is 37.1 Å². The van der Waals surface area contributed by atoms with Gasteiger partial charge in [0.15, 0.2) is 0 Å². The molecule has 2 amide bonds. The standard InChI is InChI=1S/C3H6N6.CH4N2O.BH3O3/c4-1-7-2(5)9-3(6)8-1;2*2-1(3)4/h(H6,4,5,6,7,8,9);(H4,2,3,4);2-4H. The second kappa shape index (κ2) is 8.90. The van der Waals surface area contributed by atoms with Crippen LogP contribution in [0.4, 0.5) is 22.6 Å². The van der Waals surface area contributed by atoms with Gasteiger partial charge >= 0.3 is 13.4 Å². The lowest BCUT2D eigenvalue weighted by molar-refractivity contribution is 0.256. The number of hydrogen-bond acceptors (Lipinski definition) is 10. The lowest BCUT2D eigenvalue weighted by atomic mass is 10.3. The predicted molar refractivity (Wildman–Crippen MR) is 59.2 cm³/mol. The Labute approximate surface area is 95.6 Å². The summed E-state index contributed by atoms with van der Waals surface area (Å²) in [5.41, 5.74) is 23.9. The summed E-state index contributed by atoms with van der Waals surface area (Å²) in [6.45, 7) is 0. The molecule has 13 heteroatoms. The zero-order valence-electron chi connectivity index (χ0n) is 8.56. The van der Waals surface area contributed by atoms with Gasteiger partial charge in [-0.25, -0.2) is 4.79 Å². The minimum atomic E-state index is -2.17. The molecule has 1 heterocycles. The van der Waals surface area contributed by atoms with E-state index < -0.39 is 13.4 Å². The Morgan fingerprint density at radius 1 is 0.882 bits per heavy atom. The third-order valence-corrected chi connectivity index (χ3v) is 0.687. The molecule has 1 rings (SSSR count). The van der Waals surface area contributed by atoms with Crippen molar-refractivity contribution in [3.63, 3.8) is 0 Å². The van der Waals surface area contributed by atoms with Gasteiger partial charge in [0.1, 0.15) is 0 Å². The summed E-state index contributed by atoms with van der Waals surface area (Å²) in [5, 5.41) is 21.5. The monoisotopic (exact) mass is 248 g/mol. The maximum absolute atomic E-state index is 9.00. The topological polar surface area (TPSA) is 247 Å². The van der Waals surface area contributed by atoms with E-state index in [-0.39, 0.29) is 17.8 Å². The Bertz CT molecular complexity index is 291. The summed E-state index contributed by atoms with van der Waals surface area (Å²) in [4.78, 5) is 19.5. The number of carbonyl (C=O) groups excluding carboxylic acids is 1. The van der Waals surface area contributed by atoms with Gasteiger partial charge in [0, 0.05) is 0 Å². The number of carbonyl (C=O) groups is 1. The molecule has 0 spiro atoms. The molecule has 0 saturated carbocycles. The zero-order valence-corrected chi connectivity index (χ0v) is 8.56. The van der Waals surface area contributed by atoms with Gasteiger partial charge in [0.05, 0.1) is 0 Å². The smallest absolute Gasteiger partial charge is 0.402 e. The quantitative estimate of drug-likeness (QED) is 0.204. The molecule has 1 aromatic rings. The lowest BCUT2D eigenvalue weighted by Crippen LogP contribution is -2.18. The van der Waals surface area contributed by atoms with Crippen LogP contribution in [0.5, 0.6) is 0 Å². The zero-order chi connectivity index (χ0) is 14.0. The highest BCUT2D eigenvalue weighted by molar-refractivity contribution is 6.30. The summed E-state index contributed by atoms with van der Waals surface area (Å²) in [7, 11) is -2.17. The number of urea groups is 1. The molecule has 17 heavy (non-hydrogen) atoms. The van der Waals surface area contributed by atoms with Crippen LogP contribution >= 0.6 is 0 Å². The molecule has 0 aliphatic carbocycles. The molecule has 0 radical (unpaired) electrons. The fourth-order valence-electron chi connectivity index (χ4n) is 0.427. The first-order valence-corrected chi connectivity index (χ1v) is 3.76. The first kappa shape index (κ1) is 17.0. The molecule has 12 nitrogen and oxygen atoms in total. The van der Waals surface area contributed by atoms with Gasteiger partial charge in [-0.1, -0.05) is 0 Å². The highest BCUT2D eigenvalue weighted by Gasteiger charge is 1.94. The average molecular weight is 248 g/mol. The third-order valence-electron chi connectivity index (χ3n) is 0.687. The molecule has 0 saturated heterocycles. The van der Waals surface area contributed by atoms with Crippen LogP contribution in [0.2, 0.25) is 0 Å². The van der Waals surface area contributed by atoms with Crippen LogP contribution in [-0.2, 0) is 0 Å². The SMILES string of the molecule is NC(N)=O.Nc1nc(N)nc(N)n1.OB(O)O. The van der Waals surface area contributed by atoms with E-state index in [1.807, 2.05) is 0 Å². The number of nitrogens with two attached hydrogens (primary N) is 5. The fourth-order valence-corrected chi connectivity index (χ4v) is 0.427. The van der Waals surface area contributed by atoms with Crippen molar-refractivity contribution in [2.24, 2.45) is 11.5 Å². The molecule has 0 aliphatic heterocycles. The highest BCUT2D eigenvalue weighted by atomic mass is 16.5. The minimum Gasteiger partial charge on any atom is -0.402 e. The molecule has 0 fully saturated rings. The van der Waals surface area contributed by atoms with Crippen molar-refractivity contribution in [1.29, 1.82) is 0 Å². The Morgan fingerprint density at radius 2 is 1.00 bits per heavy atom. The maximum atomic E-state index is 9.00. The van der Waals surface area contributed by atoms with Crippen LogP contribution in [0.25, 0.3) is 0 Å². The number of primary amides is 2. The van der Waals surface area contributed by atoms with E-state index in [2.05, 4.69) is 26.4 Å². The van der Waals surface area contributed by atoms with Gasteiger partial charge in [-0.05, 0) is 0 Å². The number of amides is 2. The normalized spacial score (nSPS) is 7.94. The average Bonchev–Trinajstić information content (AvgIpc) is 1.96. The molecule has 0 aromatic carbocycles. The molecule has 0 atom stereocenters. The lowest BCUT2D eigenvalue weighted by Gasteiger charge is -1.93. The molecule has 96 valence electrons. The van der Waals surface area contributed by atoms with Crippen molar-refractivity contribution in [3.8, 4) is 0 Å². The van der Waals surface area contributed by atoms with Crippen molar-refractivity contribution in [1.82, 2.24) is 15.0 Å². The van der Waals surface area contributed by atoms with Gasteiger partial charge in [-0.15, -0.1) is 0 Å². The summed E-state index contributed by atoms with van der Waals surface area (Å²) in [6, 6.07) is -0.833. The van der Waals surface area contributed by atoms with Crippen LogP contribution in [0, 0.1) is 0 Å². The van der Waals surface area contributed by atoms with Crippen LogP contribution < -0.4 is 28.7 Å². The van der Waals surface area contributed by atoms with E-state index in [1.54, 1.807) is 0 Å². The van der Waals surface area contributed by atoms with E-state index in [0.29, 0.717) is 0 Å². The number of hydrogen-bond donors (Lipinski definition) is 8. The third kappa shape index (κ3) is 19.9. The molecule has 13 N–H and O–H groups in total. The largest absolute Gasteiger partial charge is 0.631 e. The number of rotatable bonds is 0. The molecule has 0 unspecified atom stereocenters. The first-order chi connectivity index (χ1) is 7.65. The number of anilines is 3. The second-order valence-corrected chi connectivity index (χ2v) is 2.16. The highest BCUT2D eigenvalue weighted by Crippen LogP contribution is 1.97. The van der Waals surface area contributed by atoms with Crippen molar-refractivity contribution in [2.45, 2.75) is 0 Å². The Kier molecular flexibility index (Phi) is 8.91. The van der Waals surface area contributed by atoms with E-state index in [1.165, 1.54) is 0 Å². The summed E-state index contributed by atoms with van der Waals surface area (Å²) in [6.07, 6.45) is 0. The van der Waals surface area contributed by atoms with Crippen molar-refractivity contribution < 1.29 is 19.9 Å². The van der Waals surface area contributed by atoms with Crippen LogP contribution in [0.1, 0.15) is 0 Å². The van der Waals surface area contributed by atoms with Crippen LogP contribution in [0.3, 0.4) is 0 Å². The molecular weight excluding hydrogens is 235 g/mol.